The maximum absolute atomic E-state index is 12.1. The zero-order valence-corrected chi connectivity index (χ0v) is 11.9. The molecule has 22 heavy (non-hydrogen) atoms. The van der Waals surface area contributed by atoms with E-state index in [1.165, 1.54) is 0 Å². The molecule has 3 amide bonds. The first-order chi connectivity index (χ1) is 10.5. The Bertz CT molecular complexity index is 549. The Kier molecular flexibility index (Phi) is 4.94. The molecule has 2 rings (SSSR count). The number of nitrogens with one attached hydrogen (secondary N) is 1. The number of nitrogens with zero attached hydrogens (tertiary/aromatic N) is 1. The van der Waals surface area contributed by atoms with E-state index in [0.717, 1.165) is 4.90 Å². The average Bonchev–Trinajstić information content (AvgIpc) is 2.76. The summed E-state index contributed by atoms with van der Waals surface area (Å²) in [5.74, 6) is -0.608. The Labute approximate surface area is 127 Å². The van der Waals surface area contributed by atoms with Gasteiger partial charge in [0.25, 0.3) is 5.91 Å². The minimum atomic E-state index is -0.802. The fraction of sp³-hybridized carbons (Fsp3) is 0.467. The number of allylic oxidation sites excluding steroid dienone is 2. The van der Waals surface area contributed by atoms with Crippen LogP contribution in [-0.2, 0) is 23.9 Å². The van der Waals surface area contributed by atoms with Crippen molar-refractivity contribution >= 4 is 23.7 Å². The summed E-state index contributed by atoms with van der Waals surface area (Å²) in [4.78, 5) is 48.1. The maximum Gasteiger partial charge on any atom is 0.326 e. The molecular weight excluding hydrogens is 288 g/mol. The summed E-state index contributed by atoms with van der Waals surface area (Å²) in [6.45, 7) is -0.923. The molecule has 0 bridgehead atoms. The molecule has 0 saturated carbocycles. The third kappa shape index (κ3) is 3.34. The summed E-state index contributed by atoms with van der Waals surface area (Å²) in [6, 6.07) is 0. The summed E-state index contributed by atoms with van der Waals surface area (Å²) in [5, 5.41) is 2.33. The highest BCUT2D eigenvalue weighted by Gasteiger charge is 2.47. The molecule has 0 aromatic carbocycles. The van der Waals surface area contributed by atoms with Gasteiger partial charge in [-0.05, 0) is 12.8 Å². The molecule has 1 aliphatic heterocycles. The van der Waals surface area contributed by atoms with Crippen molar-refractivity contribution < 1.29 is 23.9 Å². The van der Waals surface area contributed by atoms with Crippen LogP contribution < -0.4 is 5.32 Å². The minimum absolute atomic E-state index is 0.0375. The van der Waals surface area contributed by atoms with Gasteiger partial charge in [-0.2, -0.15) is 0 Å². The SMILES string of the molecule is C#CCNC(=O)COC(=O)CN1C(=O)[C@@H]2CC=CC[C@H]2C1=O. The number of amides is 3. The zero-order chi connectivity index (χ0) is 16.1. The number of hydrogen-bond donors (Lipinski definition) is 1. The van der Waals surface area contributed by atoms with Gasteiger partial charge in [0.15, 0.2) is 6.61 Å². The first-order valence-corrected chi connectivity index (χ1v) is 6.90. The van der Waals surface area contributed by atoms with Crippen LogP contribution in [0, 0.1) is 24.2 Å². The highest BCUT2D eigenvalue weighted by Crippen LogP contribution is 2.34. The lowest BCUT2D eigenvalue weighted by atomic mass is 9.85. The van der Waals surface area contributed by atoms with Crippen LogP contribution in [0.2, 0.25) is 0 Å². The van der Waals surface area contributed by atoms with Gasteiger partial charge in [-0.15, -0.1) is 6.42 Å². The molecule has 0 aromatic heterocycles. The second-order valence-corrected chi connectivity index (χ2v) is 5.06. The van der Waals surface area contributed by atoms with Gasteiger partial charge in [-0.3, -0.25) is 24.1 Å². The van der Waals surface area contributed by atoms with Crippen LogP contribution in [0.3, 0.4) is 0 Å². The molecule has 116 valence electrons. The van der Waals surface area contributed by atoms with Crippen molar-refractivity contribution in [2.75, 3.05) is 19.7 Å². The standard InChI is InChI=1S/C15H16N2O5/c1-2-7-16-12(18)9-22-13(19)8-17-14(20)10-5-3-4-6-11(10)15(17)21/h1,3-4,10-11H,5-9H2,(H,16,18)/t10-,11-/m1/s1. The van der Waals surface area contributed by atoms with E-state index in [9.17, 15) is 19.2 Å². The minimum Gasteiger partial charge on any atom is -0.454 e. The Morgan fingerprint density at radius 1 is 1.27 bits per heavy atom. The summed E-state index contributed by atoms with van der Waals surface area (Å²) in [7, 11) is 0. The molecule has 1 heterocycles. The number of fused-ring (bicyclic) bond motifs is 1. The van der Waals surface area contributed by atoms with Crippen molar-refractivity contribution in [1.29, 1.82) is 0 Å². The maximum atomic E-state index is 12.1. The van der Waals surface area contributed by atoms with E-state index in [4.69, 9.17) is 11.2 Å². The number of likely N-dealkylation sites (tertiary alicyclic amines) is 1. The Balaban J connectivity index is 1.84. The normalized spacial score (nSPS) is 23.0. The fourth-order valence-electron chi connectivity index (χ4n) is 2.55. The quantitative estimate of drug-likeness (QED) is 0.312. The van der Waals surface area contributed by atoms with E-state index in [-0.39, 0.29) is 30.2 Å². The topological polar surface area (TPSA) is 92.8 Å². The van der Waals surface area contributed by atoms with E-state index in [2.05, 4.69) is 11.2 Å². The first-order valence-electron chi connectivity index (χ1n) is 6.90. The average molecular weight is 304 g/mol. The van der Waals surface area contributed by atoms with Crippen LogP contribution in [0.4, 0.5) is 0 Å². The van der Waals surface area contributed by atoms with Crippen LogP contribution in [0.25, 0.3) is 0 Å². The summed E-state index contributed by atoms with van der Waals surface area (Å²) < 4.78 is 4.73. The highest BCUT2D eigenvalue weighted by atomic mass is 16.5. The number of carbonyl (C=O) groups is 4. The summed E-state index contributed by atoms with van der Waals surface area (Å²) >= 11 is 0. The second kappa shape index (κ2) is 6.89. The van der Waals surface area contributed by atoms with Crippen molar-refractivity contribution in [3.8, 4) is 12.3 Å². The van der Waals surface area contributed by atoms with Gasteiger partial charge >= 0.3 is 5.97 Å². The van der Waals surface area contributed by atoms with Crippen LogP contribution in [0.5, 0.6) is 0 Å². The Morgan fingerprint density at radius 2 is 1.86 bits per heavy atom. The molecule has 7 nitrogen and oxygen atoms in total. The van der Waals surface area contributed by atoms with Crippen LogP contribution in [0.1, 0.15) is 12.8 Å². The van der Waals surface area contributed by atoms with E-state index in [1.54, 1.807) is 0 Å². The number of esters is 1. The van der Waals surface area contributed by atoms with Crippen molar-refractivity contribution in [1.82, 2.24) is 10.2 Å². The lowest BCUT2D eigenvalue weighted by Crippen LogP contribution is -2.38. The number of terminal acetylenes is 1. The summed E-state index contributed by atoms with van der Waals surface area (Å²) in [5.41, 5.74) is 0. The van der Waals surface area contributed by atoms with Crippen LogP contribution in [0.15, 0.2) is 12.2 Å². The molecule has 2 atom stereocenters. The highest BCUT2D eigenvalue weighted by molar-refractivity contribution is 6.07. The molecule has 1 aliphatic carbocycles. The largest absolute Gasteiger partial charge is 0.454 e. The number of hydrogen-bond acceptors (Lipinski definition) is 5. The molecule has 1 N–H and O–H groups in total. The van der Waals surface area contributed by atoms with Gasteiger partial charge in [-0.25, -0.2) is 0 Å². The van der Waals surface area contributed by atoms with Crippen molar-refractivity contribution in [2.45, 2.75) is 12.8 Å². The lowest BCUT2D eigenvalue weighted by Gasteiger charge is -2.14. The van der Waals surface area contributed by atoms with E-state index < -0.39 is 25.0 Å². The third-order valence-electron chi connectivity index (χ3n) is 3.64. The first kappa shape index (κ1) is 15.8. The number of ether oxygens (including phenoxy) is 1. The van der Waals surface area contributed by atoms with E-state index >= 15 is 0 Å². The van der Waals surface area contributed by atoms with Gasteiger partial charge in [0.1, 0.15) is 6.54 Å². The summed E-state index contributed by atoms with van der Waals surface area (Å²) in [6.07, 6.45) is 9.72. The second-order valence-electron chi connectivity index (χ2n) is 5.06. The van der Waals surface area contributed by atoms with Gasteiger partial charge < -0.3 is 10.1 Å². The Hall–Kier alpha value is -2.62. The third-order valence-corrected chi connectivity index (χ3v) is 3.64. The van der Waals surface area contributed by atoms with Crippen molar-refractivity contribution in [3.05, 3.63) is 12.2 Å². The molecular formula is C15H16N2O5. The van der Waals surface area contributed by atoms with Crippen molar-refractivity contribution in [3.63, 3.8) is 0 Å². The molecule has 1 fully saturated rings. The number of rotatable bonds is 5. The Morgan fingerprint density at radius 3 is 2.41 bits per heavy atom. The monoisotopic (exact) mass is 304 g/mol. The number of carbonyl (C=O) groups excluding carboxylic acids is 4. The van der Waals surface area contributed by atoms with Crippen molar-refractivity contribution in [2.24, 2.45) is 11.8 Å². The van der Waals surface area contributed by atoms with Gasteiger partial charge in [0.05, 0.1) is 18.4 Å². The fourth-order valence-corrected chi connectivity index (χ4v) is 2.55. The van der Waals surface area contributed by atoms with Gasteiger partial charge in [-0.1, -0.05) is 18.1 Å². The van der Waals surface area contributed by atoms with Gasteiger partial charge in [0, 0.05) is 0 Å². The molecule has 0 unspecified atom stereocenters. The predicted molar refractivity (Wildman–Crippen MR) is 74.9 cm³/mol. The molecule has 0 radical (unpaired) electrons. The van der Waals surface area contributed by atoms with Crippen LogP contribution in [-0.4, -0.2) is 48.3 Å². The van der Waals surface area contributed by atoms with Crippen LogP contribution >= 0.6 is 0 Å². The smallest absolute Gasteiger partial charge is 0.326 e. The van der Waals surface area contributed by atoms with E-state index in [1.807, 2.05) is 12.2 Å². The van der Waals surface area contributed by atoms with Gasteiger partial charge in [0.2, 0.25) is 11.8 Å². The molecule has 0 aromatic rings. The lowest BCUT2D eigenvalue weighted by molar-refractivity contribution is -0.154. The molecule has 2 aliphatic rings. The predicted octanol–water partition coefficient (Wildman–Crippen LogP) is -0.770. The molecule has 7 heteroatoms. The number of imide groups is 1. The molecule has 1 saturated heterocycles. The van der Waals surface area contributed by atoms with E-state index in [0.29, 0.717) is 12.8 Å². The molecule has 0 spiro atoms. The zero-order valence-electron chi connectivity index (χ0n) is 11.9.